The lowest BCUT2D eigenvalue weighted by atomic mass is 10.0. The number of hydrogen-bond donors (Lipinski definition) is 0. The van der Waals surface area contributed by atoms with E-state index in [1.165, 1.54) is 327 Å². The van der Waals surface area contributed by atoms with Crippen LogP contribution < -0.4 is 0 Å². The minimum atomic E-state index is -0.767. The predicted octanol–water partition coefficient (Wildman–Crippen LogP) is 25.7. The Morgan fingerprint density at radius 3 is 0.610 bits per heavy atom. The number of unbranched alkanes of at least 4 members (excludes halogenated alkanes) is 55. The first-order chi connectivity index (χ1) is 40.5. The Kier molecular flexibility index (Phi) is 69.5. The quantitative estimate of drug-likeness (QED) is 0.0261. The van der Waals surface area contributed by atoms with Crippen LogP contribution in [0.4, 0.5) is 0 Å². The number of ether oxygens (including phenoxy) is 3. The van der Waals surface area contributed by atoms with Crippen LogP contribution in [-0.4, -0.2) is 37.2 Å². The molecule has 1 unspecified atom stereocenters. The van der Waals surface area contributed by atoms with Gasteiger partial charge in [0.2, 0.25) is 0 Å². The maximum absolute atomic E-state index is 12.9. The van der Waals surface area contributed by atoms with E-state index in [0.29, 0.717) is 19.3 Å². The zero-order valence-corrected chi connectivity index (χ0v) is 55.8. The van der Waals surface area contributed by atoms with Gasteiger partial charge in [0.1, 0.15) is 13.2 Å². The fraction of sp³-hybridized carbons (Fsp3) is 0.908. The third-order valence-electron chi connectivity index (χ3n) is 17.2. The Bertz CT molecular complexity index is 1320. The van der Waals surface area contributed by atoms with Crippen LogP contribution in [0.15, 0.2) is 24.3 Å². The Morgan fingerprint density at radius 2 is 0.402 bits per heavy atom. The van der Waals surface area contributed by atoms with Crippen molar-refractivity contribution in [2.45, 2.75) is 431 Å². The third-order valence-corrected chi connectivity index (χ3v) is 17.2. The van der Waals surface area contributed by atoms with E-state index >= 15 is 0 Å². The highest BCUT2D eigenvalue weighted by Gasteiger charge is 2.20. The van der Waals surface area contributed by atoms with Gasteiger partial charge in [-0.15, -0.1) is 0 Å². The van der Waals surface area contributed by atoms with Gasteiger partial charge in [-0.25, -0.2) is 0 Å². The molecular weight excluding hydrogens is 1010 g/mol. The third kappa shape index (κ3) is 68.7. The van der Waals surface area contributed by atoms with Gasteiger partial charge in [0.05, 0.1) is 0 Å². The fourth-order valence-electron chi connectivity index (χ4n) is 11.6. The summed E-state index contributed by atoms with van der Waals surface area (Å²) < 4.78 is 17.0. The molecule has 0 aromatic rings. The van der Waals surface area contributed by atoms with E-state index in [1.54, 1.807) is 0 Å². The Morgan fingerprint density at radius 1 is 0.232 bits per heavy atom. The smallest absolute Gasteiger partial charge is 0.306 e. The topological polar surface area (TPSA) is 78.9 Å². The maximum Gasteiger partial charge on any atom is 0.306 e. The molecule has 6 nitrogen and oxygen atoms in total. The highest BCUT2D eigenvalue weighted by molar-refractivity contribution is 5.71. The first kappa shape index (κ1) is 79.9. The molecule has 0 fully saturated rings. The van der Waals surface area contributed by atoms with Crippen molar-refractivity contribution in [1.29, 1.82) is 0 Å². The summed E-state index contributed by atoms with van der Waals surface area (Å²) in [5.74, 6) is -0.833. The van der Waals surface area contributed by atoms with Crippen LogP contribution >= 0.6 is 0 Å². The van der Waals surface area contributed by atoms with Crippen molar-refractivity contribution in [3.63, 3.8) is 0 Å². The molecule has 484 valence electrons. The molecule has 0 radical (unpaired) electrons. The van der Waals surface area contributed by atoms with Crippen LogP contribution in [0.5, 0.6) is 0 Å². The minimum Gasteiger partial charge on any atom is -0.462 e. The van der Waals surface area contributed by atoms with E-state index in [0.717, 1.165) is 57.8 Å². The van der Waals surface area contributed by atoms with Crippen LogP contribution in [0, 0.1) is 0 Å². The monoisotopic (exact) mass is 1150 g/mol. The van der Waals surface area contributed by atoms with Gasteiger partial charge in [-0.3, -0.25) is 14.4 Å². The van der Waals surface area contributed by atoms with Crippen molar-refractivity contribution in [3.8, 4) is 0 Å². The van der Waals surface area contributed by atoms with Gasteiger partial charge >= 0.3 is 17.9 Å². The Hall–Kier alpha value is -2.11. The van der Waals surface area contributed by atoms with Crippen LogP contribution in [0.3, 0.4) is 0 Å². The van der Waals surface area contributed by atoms with Gasteiger partial charge in [0.25, 0.3) is 0 Å². The van der Waals surface area contributed by atoms with Crippen LogP contribution in [0.1, 0.15) is 425 Å². The van der Waals surface area contributed by atoms with Crippen molar-refractivity contribution in [2.24, 2.45) is 0 Å². The lowest BCUT2D eigenvalue weighted by molar-refractivity contribution is -0.167. The Labute approximate surface area is 513 Å². The van der Waals surface area contributed by atoms with Crippen molar-refractivity contribution in [3.05, 3.63) is 24.3 Å². The second kappa shape index (κ2) is 71.4. The van der Waals surface area contributed by atoms with Gasteiger partial charge in [-0.05, 0) is 70.6 Å². The molecule has 0 aliphatic heterocycles. The molecule has 0 saturated heterocycles. The summed E-state index contributed by atoms with van der Waals surface area (Å²) in [6.45, 7) is 6.71. The number of rotatable bonds is 70. The average molecular weight is 1150 g/mol. The van der Waals surface area contributed by atoms with Crippen LogP contribution in [0.2, 0.25) is 0 Å². The van der Waals surface area contributed by atoms with Gasteiger partial charge < -0.3 is 14.2 Å². The molecule has 0 aromatic carbocycles. The maximum atomic E-state index is 12.9. The summed E-state index contributed by atoms with van der Waals surface area (Å²) in [6.07, 6.45) is 88.1. The van der Waals surface area contributed by atoms with E-state index in [9.17, 15) is 14.4 Å². The van der Waals surface area contributed by atoms with Crippen molar-refractivity contribution in [2.75, 3.05) is 13.2 Å². The standard InChI is InChI=1S/C76H144O6/c1-4-7-10-13-16-19-22-24-26-28-30-32-34-36-37-38-39-41-42-44-46-48-50-52-54-57-60-63-66-69-75(78)81-72-73(71-80-74(77)68-65-62-59-56-21-18-15-12-9-6-3)82-76(79)70-67-64-61-58-55-53-51-49-47-45-43-40-35-33-31-29-27-25-23-20-17-14-11-8-5-2/h28-31,73H,4-27,32-72H2,1-3H3/b30-28-,31-29-. The van der Waals surface area contributed by atoms with E-state index < -0.39 is 6.10 Å². The van der Waals surface area contributed by atoms with Crippen molar-refractivity contribution >= 4 is 17.9 Å². The molecule has 1 atom stereocenters. The highest BCUT2D eigenvalue weighted by Crippen LogP contribution is 2.19. The number of carbonyl (C=O) groups is 3. The molecule has 0 bridgehead atoms. The zero-order chi connectivity index (χ0) is 59.2. The number of esters is 3. The zero-order valence-electron chi connectivity index (χ0n) is 55.8. The Balaban J connectivity index is 4.10. The molecular formula is C76H144O6. The molecule has 82 heavy (non-hydrogen) atoms. The fourth-order valence-corrected chi connectivity index (χ4v) is 11.6. The lowest BCUT2D eigenvalue weighted by Gasteiger charge is -2.18. The second-order valence-corrected chi connectivity index (χ2v) is 25.6. The first-order valence-electron chi connectivity index (χ1n) is 37.3. The predicted molar refractivity (Wildman–Crippen MR) is 358 cm³/mol. The number of hydrogen-bond acceptors (Lipinski definition) is 6. The average Bonchev–Trinajstić information content (AvgIpc) is 3.48. The molecule has 0 aliphatic carbocycles. The summed E-state index contributed by atoms with van der Waals surface area (Å²) in [6, 6.07) is 0. The summed E-state index contributed by atoms with van der Waals surface area (Å²) in [5, 5.41) is 0. The van der Waals surface area contributed by atoms with Crippen LogP contribution in [0.25, 0.3) is 0 Å². The second-order valence-electron chi connectivity index (χ2n) is 25.6. The molecule has 0 heterocycles. The number of carbonyl (C=O) groups excluding carboxylic acids is 3. The summed E-state index contributed by atoms with van der Waals surface area (Å²) in [7, 11) is 0. The van der Waals surface area contributed by atoms with Crippen LogP contribution in [-0.2, 0) is 28.6 Å². The molecule has 0 amide bonds. The van der Waals surface area contributed by atoms with E-state index in [4.69, 9.17) is 14.2 Å². The van der Waals surface area contributed by atoms with Gasteiger partial charge in [0, 0.05) is 19.3 Å². The van der Waals surface area contributed by atoms with Gasteiger partial charge in [-0.1, -0.05) is 360 Å². The van der Waals surface area contributed by atoms with E-state index in [2.05, 4.69) is 45.1 Å². The molecule has 0 spiro atoms. The number of allylic oxidation sites excluding steroid dienone is 4. The van der Waals surface area contributed by atoms with E-state index in [-0.39, 0.29) is 31.1 Å². The van der Waals surface area contributed by atoms with E-state index in [1.807, 2.05) is 0 Å². The van der Waals surface area contributed by atoms with Crippen molar-refractivity contribution < 1.29 is 28.6 Å². The first-order valence-corrected chi connectivity index (χ1v) is 37.3. The summed E-state index contributed by atoms with van der Waals surface area (Å²) >= 11 is 0. The highest BCUT2D eigenvalue weighted by atomic mass is 16.6. The van der Waals surface area contributed by atoms with Gasteiger partial charge in [0.15, 0.2) is 6.10 Å². The molecule has 0 saturated carbocycles. The van der Waals surface area contributed by atoms with Crippen molar-refractivity contribution in [1.82, 2.24) is 0 Å². The molecule has 6 heteroatoms. The lowest BCUT2D eigenvalue weighted by Crippen LogP contribution is -2.30. The largest absolute Gasteiger partial charge is 0.462 e. The normalized spacial score (nSPS) is 12.1. The minimum absolute atomic E-state index is 0.0646. The molecule has 0 rings (SSSR count). The molecule has 0 N–H and O–H groups in total. The van der Waals surface area contributed by atoms with Gasteiger partial charge in [-0.2, -0.15) is 0 Å². The summed E-state index contributed by atoms with van der Waals surface area (Å²) in [5.41, 5.74) is 0. The SMILES string of the molecule is CCCCCCCCCC/C=C\CCCCCCCCCCCCCCCCCCCC(=O)OCC(COC(=O)CCCCCCCCCCCC)OC(=O)CCCCCCCCCCCCCCC/C=C\CCCCCCCCCC. The molecule has 0 aromatic heterocycles. The summed E-state index contributed by atoms with van der Waals surface area (Å²) in [4.78, 5) is 38.4. The molecule has 0 aliphatic rings.